The maximum atomic E-state index is 12.2. The largest absolute Gasteiger partial charge is 0.508 e. The predicted molar refractivity (Wildman–Crippen MR) is 106 cm³/mol. The number of nitrogens with one attached hydrogen (secondary N) is 1. The van der Waals surface area contributed by atoms with Crippen molar-refractivity contribution in [1.29, 1.82) is 0 Å². The molecule has 2 N–H and O–H groups in total. The average Bonchev–Trinajstić information content (AvgIpc) is 2.73. The second-order valence-corrected chi connectivity index (χ2v) is 7.04. The van der Waals surface area contributed by atoms with E-state index < -0.39 is 0 Å². The van der Waals surface area contributed by atoms with Gasteiger partial charge < -0.3 is 20.1 Å². The number of nitrogens with zero attached hydrogens (tertiary/aromatic N) is 1. The van der Waals surface area contributed by atoms with Gasteiger partial charge in [-0.1, -0.05) is 30.3 Å². The van der Waals surface area contributed by atoms with Gasteiger partial charge in [0.2, 0.25) is 0 Å². The van der Waals surface area contributed by atoms with Crippen LogP contribution in [0.15, 0.2) is 54.6 Å². The van der Waals surface area contributed by atoms with Crippen LogP contribution in [0.2, 0.25) is 0 Å². The van der Waals surface area contributed by atoms with Crippen LogP contribution in [0.25, 0.3) is 0 Å². The molecule has 2 aromatic carbocycles. The topological polar surface area (TPSA) is 78.9 Å². The minimum absolute atomic E-state index is 0.138. The number of likely N-dealkylation sites (tertiary alicyclic amines) is 1. The molecule has 2 aromatic rings. The first kappa shape index (κ1) is 19.7. The number of hydrogen-bond donors (Lipinski definition) is 2. The number of benzene rings is 2. The fraction of sp³-hybridized carbons (Fsp3) is 0.364. The van der Waals surface area contributed by atoms with Crippen molar-refractivity contribution in [1.82, 2.24) is 10.2 Å². The van der Waals surface area contributed by atoms with Crippen LogP contribution in [0.1, 0.15) is 28.8 Å². The first-order chi connectivity index (χ1) is 13.6. The molecule has 3 rings (SSSR count). The van der Waals surface area contributed by atoms with E-state index in [0.717, 1.165) is 18.4 Å². The van der Waals surface area contributed by atoms with Crippen LogP contribution in [0, 0.1) is 5.92 Å². The van der Waals surface area contributed by atoms with Crippen molar-refractivity contribution in [2.75, 3.05) is 26.2 Å². The van der Waals surface area contributed by atoms with Crippen LogP contribution in [0.4, 0.5) is 4.79 Å². The lowest BCUT2D eigenvalue weighted by Gasteiger charge is -2.31. The summed E-state index contributed by atoms with van der Waals surface area (Å²) in [6, 6.07) is 16.1. The molecule has 0 radical (unpaired) electrons. The number of carbonyl (C=O) groups is 2. The van der Waals surface area contributed by atoms with E-state index in [9.17, 15) is 14.7 Å². The first-order valence-corrected chi connectivity index (χ1v) is 9.64. The summed E-state index contributed by atoms with van der Waals surface area (Å²) in [5, 5.41) is 12.2. The lowest BCUT2D eigenvalue weighted by molar-refractivity contribution is 0.0848. The molecule has 0 atom stereocenters. The Morgan fingerprint density at radius 2 is 1.71 bits per heavy atom. The zero-order valence-corrected chi connectivity index (χ0v) is 15.8. The lowest BCUT2D eigenvalue weighted by atomic mass is 9.97. The van der Waals surface area contributed by atoms with Gasteiger partial charge in [0.15, 0.2) is 0 Å². The zero-order chi connectivity index (χ0) is 19.8. The maximum absolute atomic E-state index is 12.2. The minimum atomic E-state index is -0.262. The average molecular weight is 382 g/mol. The van der Waals surface area contributed by atoms with E-state index in [2.05, 4.69) is 5.32 Å². The third-order valence-electron chi connectivity index (χ3n) is 5.01. The molecule has 0 aliphatic carbocycles. The van der Waals surface area contributed by atoms with Gasteiger partial charge in [-0.05, 0) is 48.6 Å². The molecule has 1 saturated heterocycles. The van der Waals surface area contributed by atoms with E-state index in [0.29, 0.717) is 44.1 Å². The molecule has 2 amide bonds. The van der Waals surface area contributed by atoms with E-state index in [1.807, 2.05) is 30.3 Å². The Morgan fingerprint density at radius 1 is 1.04 bits per heavy atom. The highest BCUT2D eigenvalue weighted by molar-refractivity contribution is 5.94. The van der Waals surface area contributed by atoms with Gasteiger partial charge in [-0.15, -0.1) is 0 Å². The number of hydrogen-bond acceptors (Lipinski definition) is 4. The van der Waals surface area contributed by atoms with Gasteiger partial charge in [0.1, 0.15) is 5.75 Å². The Labute approximate surface area is 165 Å². The van der Waals surface area contributed by atoms with Crippen LogP contribution < -0.4 is 5.32 Å². The monoisotopic (exact) mass is 382 g/mol. The summed E-state index contributed by atoms with van der Waals surface area (Å²) >= 11 is 0. The Hall–Kier alpha value is -3.02. The van der Waals surface area contributed by atoms with Gasteiger partial charge in [0.25, 0.3) is 5.91 Å². The number of piperidine rings is 1. The van der Waals surface area contributed by atoms with Crippen LogP contribution >= 0.6 is 0 Å². The number of ether oxygens (including phenoxy) is 1. The summed E-state index contributed by atoms with van der Waals surface area (Å²) in [4.78, 5) is 26.1. The second kappa shape index (κ2) is 9.78. The fourth-order valence-corrected chi connectivity index (χ4v) is 3.26. The van der Waals surface area contributed by atoms with Crippen LogP contribution in [0.3, 0.4) is 0 Å². The molecule has 6 heteroatoms. The molecule has 0 bridgehead atoms. The van der Waals surface area contributed by atoms with Crippen molar-refractivity contribution >= 4 is 12.0 Å². The highest BCUT2D eigenvalue weighted by Crippen LogP contribution is 2.17. The van der Waals surface area contributed by atoms with Crippen molar-refractivity contribution in [2.45, 2.75) is 19.3 Å². The quantitative estimate of drug-likeness (QED) is 0.804. The summed E-state index contributed by atoms with van der Waals surface area (Å²) in [6.45, 7) is 2.25. The second-order valence-electron chi connectivity index (χ2n) is 7.04. The van der Waals surface area contributed by atoms with Crippen LogP contribution in [-0.2, 0) is 11.2 Å². The third kappa shape index (κ3) is 5.74. The number of phenolic OH excluding ortho intramolecular Hbond substituents is 1. The van der Waals surface area contributed by atoms with Gasteiger partial charge in [-0.25, -0.2) is 4.79 Å². The molecule has 1 heterocycles. The molecule has 0 saturated carbocycles. The van der Waals surface area contributed by atoms with Crippen molar-refractivity contribution in [2.24, 2.45) is 5.92 Å². The standard InChI is InChI=1S/C22H26N2O4/c25-20-8-6-19(7-9-20)21(26)23-16-18-10-13-24(14-11-18)22(27)28-15-12-17-4-2-1-3-5-17/h1-9,18,25H,10-16H2,(H,23,26). The Bertz CT molecular complexity index is 769. The van der Waals surface area contributed by atoms with Gasteiger partial charge in [0.05, 0.1) is 6.61 Å². The fourth-order valence-electron chi connectivity index (χ4n) is 3.26. The smallest absolute Gasteiger partial charge is 0.409 e. The van der Waals surface area contributed by atoms with Gasteiger partial charge in [0, 0.05) is 31.6 Å². The molecule has 1 fully saturated rings. The molecular formula is C22H26N2O4. The number of rotatable bonds is 6. The summed E-state index contributed by atoms with van der Waals surface area (Å²) in [5.41, 5.74) is 1.68. The SMILES string of the molecule is O=C(NCC1CCN(C(=O)OCCc2ccccc2)CC1)c1ccc(O)cc1. The molecule has 1 aliphatic rings. The molecule has 0 aromatic heterocycles. The summed E-state index contributed by atoms with van der Waals surface area (Å²) in [7, 11) is 0. The van der Waals surface area contributed by atoms with E-state index in [-0.39, 0.29) is 17.7 Å². The van der Waals surface area contributed by atoms with E-state index >= 15 is 0 Å². The third-order valence-corrected chi connectivity index (χ3v) is 5.01. The molecule has 6 nitrogen and oxygen atoms in total. The minimum Gasteiger partial charge on any atom is -0.508 e. The van der Waals surface area contributed by atoms with E-state index in [1.54, 1.807) is 17.0 Å². The van der Waals surface area contributed by atoms with E-state index in [4.69, 9.17) is 4.74 Å². The van der Waals surface area contributed by atoms with Crippen LogP contribution in [0.5, 0.6) is 5.75 Å². The van der Waals surface area contributed by atoms with Gasteiger partial charge in [-0.2, -0.15) is 0 Å². The van der Waals surface area contributed by atoms with Crippen molar-refractivity contribution in [3.63, 3.8) is 0 Å². The van der Waals surface area contributed by atoms with E-state index in [1.165, 1.54) is 12.1 Å². The first-order valence-electron chi connectivity index (χ1n) is 9.64. The normalized spacial score (nSPS) is 14.5. The highest BCUT2D eigenvalue weighted by atomic mass is 16.6. The Balaban J connectivity index is 1.34. The predicted octanol–water partition coefficient (Wildman–Crippen LogP) is 3.21. The van der Waals surface area contributed by atoms with Gasteiger partial charge >= 0.3 is 6.09 Å². The van der Waals surface area contributed by atoms with Crippen molar-refractivity contribution < 1.29 is 19.4 Å². The van der Waals surface area contributed by atoms with Crippen LogP contribution in [-0.4, -0.2) is 48.2 Å². The lowest BCUT2D eigenvalue weighted by Crippen LogP contribution is -2.42. The Kier molecular flexibility index (Phi) is 6.89. The number of phenols is 1. The highest BCUT2D eigenvalue weighted by Gasteiger charge is 2.24. The number of carbonyl (C=O) groups excluding carboxylic acids is 2. The molecule has 28 heavy (non-hydrogen) atoms. The molecule has 0 spiro atoms. The molecule has 148 valence electrons. The number of amides is 2. The van der Waals surface area contributed by atoms with Gasteiger partial charge in [-0.3, -0.25) is 4.79 Å². The number of aromatic hydroxyl groups is 1. The summed E-state index contributed by atoms with van der Waals surface area (Å²) < 4.78 is 5.38. The van der Waals surface area contributed by atoms with Crippen molar-refractivity contribution in [3.05, 3.63) is 65.7 Å². The summed E-state index contributed by atoms with van der Waals surface area (Å²) in [5.74, 6) is 0.330. The van der Waals surface area contributed by atoms with Crippen molar-refractivity contribution in [3.8, 4) is 5.75 Å². The zero-order valence-electron chi connectivity index (χ0n) is 15.8. The summed E-state index contributed by atoms with van der Waals surface area (Å²) in [6.07, 6.45) is 2.13. The molecular weight excluding hydrogens is 356 g/mol. The Morgan fingerprint density at radius 3 is 2.39 bits per heavy atom. The maximum Gasteiger partial charge on any atom is 0.409 e. The molecule has 0 unspecified atom stereocenters. The molecule has 1 aliphatic heterocycles.